The predicted octanol–water partition coefficient (Wildman–Crippen LogP) is 1.49. The molecule has 5 heteroatoms. The van der Waals surface area contributed by atoms with E-state index in [4.69, 9.17) is 5.73 Å². The van der Waals surface area contributed by atoms with E-state index >= 15 is 0 Å². The van der Waals surface area contributed by atoms with Crippen LogP contribution in [0.25, 0.3) is 5.69 Å². The summed E-state index contributed by atoms with van der Waals surface area (Å²) in [4.78, 5) is 1.21. The molecular weight excluding hydrogens is 220 g/mol. The van der Waals surface area contributed by atoms with Gasteiger partial charge in [-0.1, -0.05) is 11.3 Å². The van der Waals surface area contributed by atoms with Crippen LogP contribution < -0.4 is 5.73 Å². The highest BCUT2D eigenvalue weighted by atomic mass is 32.2. The Kier molecular flexibility index (Phi) is 3.58. The number of thioether (sulfide) groups is 1. The fourth-order valence-corrected chi connectivity index (χ4v) is 1.99. The van der Waals surface area contributed by atoms with Crippen LogP contribution in [0.15, 0.2) is 35.4 Å². The molecule has 0 aliphatic carbocycles. The molecule has 0 aliphatic heterocycles. The van der Waals surface area contributed by atoms with Crippen molar-refractivity contribution in [3.05, 3.63) is 36.2 Å². The first-order valence-electron chi connectivity index (χ1n) is 5.09. The van der Waals surface area contributed by atoms with E-state index in [2.05, 4.69) is 28.7 Å². The van der Waals surface area contributed by atoms with Gasteiger partial charge >= 0.3 is 0 Å². The predicted molar refractivity (Wildman–Crippen MR) is 65.9 cm³/mol. The summed E-state index contributed by atoms with van der Waals surface area (Å²) in [7, 11) is 0. The van der Waals surface area contributed by atoms with E-state index in [9.17, 15) is 0 Å². The number of nitrogens with two attached hydrogens (primary N) is 1. The fourth-order valence-electron chi connectivity index (χ4n) is 1.53. The van der Waals surface area contributed by atoms with Crippen LogP contribution in [0.5, 0.6) is 0 Å². The van der Waals surface area contributed by atoms with Crippen LogP contribution in [0.2, 0.25) is 0 Å². The quantitative estimate of drug-likeness (QED) is 0.814. The first kappa shape index (κ1) is 11.2. The minimum absolute atomic E-state index is 0.607. The minimum atomic E-state index is 0.607. The Balaban J connectivity index is 2.37. The lowest BCUT2D eigenvalue weighted by atomic mass is 10.3. The molecule has 2 N–H and O–H groups in total. The van der Waals surface area contributed by atoms with Gasteiger partial charge in [-0.15, -0.1) is 16.9 Å². The molecule has 0 aliphatic rings. The normalized spacial score (nSPS) is 10.6. The van der Waals surface area contributed by atoms with Crippen LogP contribution in [0.1, 0.15) is 5.69 Å². The molecule has 0 fully saturated rings. The molecule has 16 heavy (non-hydrogen) atoms. The Morgan fingerprint density at radius 2 is 2.31 bits per heavy atom. The summed E-state index contributed by atoms with van der Waals surface area (Å²) in [6, 6.07) is 8.22. The average molecular weight is 234 g/mol. The van der Waals surface area contributed by atoms with E-state index in [1.54, 1.807) is 18.0 Å². The first-order chi connectivity index (χ1) is 7.85. The summed E-state index contributed by atoms with van der Waals surface area (Å²) in [6.07, 6.45) is 4.61. The average Bonchev–Trinajstić information content (AvgIpc) is 2.78. The van der Waals surface area contributed by atoms with Crippen molar-refractivity contribution in [3.8, 4) is 5.69 Å². The van der Waals surface area contributed by atoms with Crippen LogP contribution in [0.3, 0.4) is 0 Å². The van der Waals surface area contributed by atoms with Gasteiger partial charge in [0.25, 0.3) is 0 Å². The number of hydrogen-bond acceptors (Lipinski definition) is 4. The molecule has 0 atom stereocenters. The van der Waals surface area contributed by atoms with Gasteiger partial charge in [-0.25, -0.2) is 4.68 Å². The third-order valence-corrected chi connectivity index (χ3v) is 3.04. The zero-order valence-electron chi connectivity index (χ0n) is 9.13. The summed E-state index contributed by atoms with van der Waals surface area (Å²) in [5.74, 6) is 0. The van der Waals surface area contributed by atoms with Crippen LogP contribution in [-0.4, -0.2) is 27.8 Å². The summed E-state index contributed by atoms with van der Waals surface area (Å²) in [6.45, 7) is 0.607. The van der Waals surface area contributed by atoms with Crippen LogP contribution in [-0.2, 0) is 6.42 Å². The van der Waals surface area contributed by atoms with E-state index < -0.39 is 0 Å². The van der Waals surface area contributed by atoms with Crippen molar-refractivity contribution in [1.29, 1.82) is 0 Å². The number of nitrogens with zero attached hydrogens (tertiary/aromatic N) is 3. The van der Waals surface area contributed by atoms with Crippen molar-refractivity contribution in [2.24, 2.45) is 5.73 Å². The zero-order valence-corrected chi connectivity index (χ0v) is 9.94. The highest BCUT2D eigenvalue weighted by Crippen LogP contribution is 2.18. The third kappa shape index (κ3) is 2.25. The molecule has 0 spiro atoms. The molecule has 2 aromatic rings. The van der Waals surface area contributed by atoms with E-state index in [0.717, 1.165) is 17.8 Å². The second-order valence-electron chi connectivity index (χ2n) is 3.38. The minimum Gasteiger partial charge on any atom is -0.330 e. The Morgan fingerprint density at radius 1 is 1.44 bits per heavy atom. The molecular formula is C11H14N4S. The maximum atomic E-state index is 5.55. The maximum Gasteiger partial charge on any atom is 0.0730 e. The van der Waals surface area contributed by atoms with Crippen molar-refractivity contribution >= 4 is 11.8 Å². The number of aromatic nitrogens is 3. The molecule has 0 bridgehead atoms. The van der Waals surface area contributed by atoms with Gasteiger partial charge in [-0.2, -0.15) is 0 Å². The van der Waals surface area contributed by atoms with E-state index in [1.807, 2.05) is 16.8 Å². The highest BCUT2D eigenvalue weighted by molar-refractivity contribution is 7.98. The Labute approximate surface area is 98.8 Å². The lowest BCUT2D eigenvalue weighted by Gasteiger charge is -2.06. The van der Waals surface area contributed by atoms with Gasteiger partial charge in [-0.05, 0) is 31.0 Å². The Bertz CT molecular complexity index is 467. The molecule has 84 valence electrons. The third-order valence-electron chi connectivity index (χ3n) is 2.32. The molecule has 0 unspecified atom stereocenters. The number of hydrogen-bond donors (Lipinski definition) is 1. The summed E-state index contributed by atoms with van der Waals surface area (Å²) < 4.78 is 1.84. The van der Waals surface area contributed by atoms with Crippen molar-refractivity contribution < 1.29 is 0 Å². The van der Waals surface area contributed by atoms with Gasteiger partial charge in [0, 0.05) is 11.3 Å². The second kappa shape index (κ2) is 5.14. The molecule has 1 aromatic carbocycles. The van der Waals surface area contributed by atoms with Crippen molar-refractivity contribution in [2.45, 2.75) is 11.3 Å². The van der Waals surface area contributed by atoms with Crippen LogP contribution >= 0.6 is 11.8 Å². The molecule has 1 heterocycles. The summed E-state index contributed by atoms with van der Waals surface area (Å²) in [5, 5.41) is 8.01. The monoisotopic (exact) mass is 234 g/mol. The van der Waals surface area contributed by atoms with Gasteiger partial charge in [0.15, 0.2) is 0 Å². The SMILES string of the molecule is CSc1cccc(-n2nncc2CCN)c1. The van der Waals surface area contributed by atoms with Crippen molar-refractivity contribution in [3.63, 3.8) is 0 Å². The van der Waals surface area contributed by atoms with E-state index in [0.29, 0.717) is 6.54 Å². The first-order valence-corrected chi connectivity index (χ1v) is 6.31. The maximum absolute atomic E-state index is 5.55. The fraction of sp³-hybridized carbons (Fsp3) is 0.273. The van der Waals surface area contributed by atoms with Gasteiger partial charge in [-0.3, -0.25) is 0 Å². The van der Waals surface area contributed by atoms with Gasteiger partial charge in [0.1, 0.15) is 0 Å². The smallest absolute Gasteiger partial charge is 0.0730 e. The van der Waals surface area contributed by atoms with Crippen molar-refractivity contribution in [2.75, 3.05) is 12.8 Å². The second-order valence-corrected chi connectivity index (χ2v) is 4.26. The molecule has 0 amide bonds. The topological polar surface area (TPSA) is 56.7 Å². The zero-order chi connectivity index (χ0) is 11.4. The largest absolute Gasteiger partial charge is 0.330 e. The standard InChI is InChI=1S/C11H14N4S/c1-16-11-4-2-3-9(7-11)15-10(5-6-12)8-13-14-15/h2-4,7-8H,5-6,12H2,1H3. The van der Waals surface area contributed by atoms with Gasteiger partial charge in [0.05, 0.1) is 17.6 Å². The number of rotatable bonds is 4. The number of benzene rings is 1. The lowest BCUT2D eigenvalue weighted by Crippen LogP contribution is -2.08. The van der Waals surface area contributed by atoms with Gasteiger partial charge in [0.2, 0.25) is 0 Å². The summed E-state index contributed by atoms with van der Waals surface area (Å²) >= 11 is 1.71. The summed E-state index contributed by atoms with van der Waals surface area (Å²) in [5.41, 5.74) is 7.63. The molecule has 4 nitrogen and oxygen atoms in total. The van der Waals surface area contributed by atoms with Crippen LogP contribution in [0.4, 0.5) is 0 Å². The van der Waals surface area contributed by atoms with E-state index in [-0.39, 0.29) is 0 Å². The molecule has 2 rings (SSSR count). The van der Waals surface area contributed by atoms with E-state index in [1.165, 1.54) is 4.90 Å². The Morgan fingerprint density at radius 3 is 3.06 bits per heavy atom. The highest BCUT2D eigenvalue weighted by Gasteiger charge is 2.05. The molecule has 0 saturated carbocycles. The molecule has 1 aromatic heterocycles. The van der Waals surface area contributed by atoms with Crippen molar-refractivity contribution in [1.82, 2.24) is 15.0 Å². The Hall–Kier alpha value is -1.33. The molecule has 0 saturated heterocycles. The van der Waals surface area contributed by atoms with Crippen LogP contribution in [0, 0.1) is 0 Å². The molecule has 0 radical (unpaired) electrons. The van der Waals surface area contributed by atoms with Gasteiger partial charge < -0.3 is 5.73 Å². The lowest BCUT2D eigenvalue weighted by molar-refractivity contribution is 0.753.